The minimum atomic E-state index is -0.425. The maximum absolute atomic E-state index is 12.2. The minimum Gasteiger partial charge on any atom is -0.490 e. The van der Waals surface area contributed by atoms with E-state index in [9.17, 15) is 14.4 Å². The van der Waals surface area contributed by atoms with Gasteiger partial charge in [0.15, 0.2) is 24.4 Å². The van der Waals surface area contributed by atoms with Gasteiger partial charge in [0, 0.05) is 15.7 Å². The third-order valence-electron chi connectivity index (χ3n) is 3.61. The van der Waals surface area contributed by atoms with E-state index in [1.54, 1.807) is 38.1 Å². The lowest BCUT2D eigenvalue weighted by Crippen LogP contribution is -2.20. The number of amides is 1. The molecule has 2 aromatic rings. The summed E-state index contributed by atoms with van der Waals surface area (Å²) in [7, 11) is 0. The van der Waals surface area contributed by atoms with Gasteiger partial charge in [-0.1, -0.05) is 0 Å². The van der Waals surface area contributed by atoms with Crippen LogP contribution in [-0.4, -0.2) is 38.0 Å². The molecule has 0 aliphatic heterocycles. The van der Waals surface area contributed by atoms with Gasteiger partial charge in [0.25, 0.3) is 5.91 Å². The van der Waals surface area contributed by atoms with E-state index in [1.807, 2.05) is 0 Å². The van der Waals surface area contributed by atoms with Crippen LogP contribution in [0.5, 0.6) is 11.5 Å². The zero-order chi connectivity index (χ0) is 21.4. The second-order valence-electron chi connectivity index (χ2n) is 5.61. The fraction of sp³-hybridized carbons (Fsp3) is 0.250. The van der Waals surface area contributed by atoms with Crippen molar-refractivity contribution in [2.24, 2.45) is 0 Å². The molecule has 0 atom stereocenters. The van der Waals surface area contributed by atoms with E-state index in [0.717, 1.165) is 0 Å². The summed E-state index contributed by atoms with van der Waals surface area (Å²) in [6.45, 7) is 3.89. The van der Waals surface area contributed by atoms with E-state index in [4.69, 9.17) is 14.2 Å². The monoisotopic (exact) mass is 527 g/mol. The summed E-state index contributed by atoms with van der Waals surface area (Å²) in [5.74, 6) is -0.182. The first-order valence-electron chi connectivity index (χ1n) is 8.71. The number of carbonyl (C=O) groups is 3. The molecule has 29 heavy (non-hydrogen) atoms. The van der Waals surface area contributed by atoms with Gasteiger partial charge in [-0.05, 0) is 76.0 Å². The molecule has 1 amide bonds. The van der Waals surface area contributed by atoms with E-state index >= 15 is 0 Å². The Labute approximate surface area is 185 Å². The largest absolute Gasteiger partial charge is 0.490 e. The SMILES string of the molecule is CCOC(=O)c1ccc(NC(=O)COc2c(OCC)cc(C=O)c(Br)c2Br)cc1. The van der Waals surface area contributed by atoms with Crippen LogP contribution in [0, 0.1) is 0 Å². The van der Waals surface area contributed by atoms with Crippen molar-refractivity contribution < 1.29 is 28.6 Å². The van der Waals surface area contributed by atoms with Gasteiger partial charge in [-0.25, -0.2) is 4.79 Å². The summed E-state index contributed by atoms with van der Waals surface area (Å²) >= 11 is 6.67. The van der Waals surface area contributed by atoms with Crippen molar-refractivity contribution in [3.8, 4) is 11.5 Å². The van der Waals surface area contributed by atoms with Crippen molar-refractivity contribution >= 4 is 55.7 Å². The molecule has 9 heteroatoms. The van der Waals surface area contributed by atoms with Crippen LogP contribution in [0.2, 0.25) is 0 Å². The molecule has 0 unspecified atom stereocenters. The van der Waals surface area contributed by atoms with Crippen LogP contribution in [0.3, 0.4) is 0 Å². The van der Waals surface area contributed by atoms with E-state index in [-0.39, 0.29) is 13.2 Å². The highest BCUT2D eigenvalue weighted by molar-refractivity contribution is 9.13. The van der Waals surface area contributed by atoms with Crippen LogP contribution in [0.1, 0.15) is 34.6 Å². The molecule has 0 aliphatic rings. The number of carbonyl (C=O) groups excluding carboxylic acids is 3. The smallest absolute Gasteiger partial charge is 0.338 e. The highest BCUT2D eigenvalue weighted by Gasteiger charge is 2.18. The maximum Gasteiger partial charge on any atom is 0.338 e. The van der Waals surface area contributed by atoms with Crippen LogP contribution in [-0.2, 0) is 9.53 Å². The molecule has 2 aromatic carbocycles. The van der Waals surface area contributed by atoms with Gasteiger partial charge in [0.1, 0.15) is 0 Å². The molecule has 0 heterocycles. The molecular formula is C20H19Br2NO6. The Morgan fingerprint density at radius 2 is 1.72 bits per heavy atom. The number of benzene rings is 2. The van der Waals surface area contributed by atoms with Gasteiger partial charge in [-0.3, -0.25) is 9.59 Å². The number of aldehydes is 1. The average molecular weight is 529 g/mol. The third kappa shape index (κ3) is 6.04. The van der Waals surface area contributed by atoms with Crippen molar-refractivity contribution in [1.29, 1.82) is 0 Å². The Hall–Kier alpha value is -2.39. The van der Waals surface area contributed by atoms with E-state index in [0.29, 0.717) is 50.2 Å². The van der Waals surface area contributed by atoms with Crippen molar-refractivity contribution in [2.45, 2.75) is 13.8 Å². The number of nitrogens with one attached hydrogen (secondary N) is 1. The first kappa shape index (κ1) is 22.9. The predicted molar refractivity (Wildman–Crippen MR) is 115 cm³/mol. The molecule has 0 aliphatic carbocycles. The Morgan fingerprint density at radius 1 is 1.03 bits per heavy atom. The third-order valence-corrected chi connectivity index (χ3v) is 5.75. The summed E-state index contributed by atoms with van der Waals surface area (Å²) in [6.07, 6.45) is 0.688. The van der Waals surface area contributed by atoms with Crippen LogP contribution < -0.4 is 14.8 Å². The lowest BCUT2D eigenvalue weighted by atomic mass is 10.2. The number of rotatable bonds is 9. The Bertz CT molecular complexity index is 899. The Balaban J connectivity index is 2.06. The van der Waals surface area contributed by atoms with E-state index in [2.05, 4.69) is 37.2 Å². The van der Waals surface area contributed by atoms with Crippen LogP contribution in [0.15, 0.2) is 39.3 Å². The normalized spacial score (nSPS) is 10.2. The summed E-state index contributed by atoms with van der Waals surface area (Å²) in [4.78, 5) is 35.1. The number of halogens is 2. The number of hydrogen-bond acceptors (Lipinski definition) is 6. The van der Waals surface area contributed by atoms with Crippen LogP contribution in [0.25, 0.3) is 0 Å². The standard InChI is InChI=1S/C20H19Br2NO6/c1-3-27-15-9-13(10-24)17(21)18(22)19(15)29-11-16(25)23-14-7-5-12(6-8-14)20(26)28-4-2/h5-10H,3-4,11H2,1-2H3,(H,23,25). The molecule has 0 radical (unpaired) electrons. The van der Waals surface area contributed by atoms with Gasteiger partial charge in [-0.2, -0.15) is 0 Å². The van der Waals surface area contributed by atoms with E-state index in [1.165, 1.54) is 6.07 Å². The van der Waals surface area contributed by atoms with Crippen molar-refractivity contribution in [3.63, 3.8) is 0 Å². The first-order chi connectivity index (χ1) is 13.9. The molecule has 0 aromatic heterocycles. The molecule has 7 nitrogen and oxygen atoms in total. The van der Waals surface area contributed by atoms with Gasteiger partial charge in [0.2, 0.25) is 0 Å². The van der Waals surface area contributed by atoms with Gasteiger partial charge >= 0.3 is 5.97 Å². The molecule has 1 N–H and O–H groups in total. The maximum atomic E-state index is 12.2. The molecule has 154 valence electrons. The summed E-state index contributed by atoms with van der Waals surface area (Å²) in [5, 5.41) is 2.68. The van der Waals surface area contributed by atoms with Crippen LogP contribution >= 0.6 is 31.9 Å². The molecule has 0 saturated heterocycles. The van der Waals surface area contributed by atoms with E-state index < -0.39 is 11.9 Å². The fourth-order valence-corrected chi connectivity index (χ4v) is 3.25. The number of ether oxygens (including phenoxy) is 3. The molecule has 2 rings (SSSR count). The summed E-state index contributed by atoms with van der Waals surface area (Å²) in [6, 6.07) is 7.86. The number of esters is 1. The lowest BCUT2D eigenvalue weighted by molar-refractivity contribution is -0.118. The molecule has 0 fully saturated rings. The fourth-order valence-electron chi connectivity index (χ4n) is 2.33. The first-order valence-corrected chi connectivity index (χ1v) is 10.3. The highest BCUT2D eigenvalue weighted by atomic mass is 79.9. The summed E-state index contributed by atoms with van der Waals surface area (Å²) < 4.78 is 17.0. The zero-order valence-corrected chi connectivity index (χ0v) is 19.0. The lowest BCUT2D eigenvalue weighted by Gasteiger charge is -2.15. The Morgan fingerprint density at radius 3 is 2.31 bits per heavy atom. The van der Waals surface area contributed by atoms with Crippen LogP contribution in [0.4, 0.5) is 5.69 Å². The highest BCUT2D eigenvalue weighted by Crippen LogP contribution is 2.42. The zero-order valence-electron chi connectivity index (χ0n) is 15.8. The molecule has 0 bridgehead atoms. The molecule has 0 spiro atoms. The van der Waals surface area contributed by atoms with Gasteiger partial charge in [-0.15, -0.1) is 0 Å². The topological polar surface area (TPSA) is 90.9 Å². The van der Waals surface area contributed by atoms with Crippen molar-refractivity contribution in [1.82, 2.24) is 0 Å². The van der Waals surface area contributed by atoms with Crippen molar-refractivity contribution in [3.05, 3.63) is 50.4 Å². The average Bonchev–Trinajstić information content (AvgIpc) is 2.71. The summed E-state index contributed by atoms with van der Waals surface area (Å²) in [5.41, 5.74) is 1.29. The molecule has 0 saturated carbocycles. The molecular weight excluding hydrogens is 510 g/mol. The van der Waals surface area contributed by atoms with Gasteiger partial charge in [0.05, 0.1) is 23.2 Å². The second-order valence-corrected chi connectivity index (χ2v) is 7.19. The second kappa shape index (κ2) is 11.0. The Kier molecular flexibility index (Phi) is 8.66. The van der Waals surface area contributed by atoms with Gasteiger partial charge < -0.3 is 19.5 Å². The number of anilines is 1. The minimum absolute atomic E-state index is 0.287. The number of hydrogen-bond donors (Lipinski definition) is 1. The quantitative estimate of drug-likeness (QED) is 0.377. The predicted octanol–water partition coefficient (Wildman–Crippen LogP) is 4.62. The van der Waals surface area contributed by atoms with Crippen molar-refractivity contribution in [2.75, 3.05) is 25.1 Å².